The van der Waals surface area contributed by atoms with Gasteiger partial charge in [-0.3, -0.25) is 9.59 Å². The van der Waals surface area contributed by atoms with Gasteiger partial charge in [-0.05, 0) is 62.6 Å². The summed E-state index contributed by atoms with van der Waals surface area (Å²) in [5, 5.41) is 2.30. The van der Waals surface area contributed by atoms with Crippen molar-refractivity contribution in [3.8, 4) is 5.75 Å². The smallest absolute Gasteiger partial charge is 0.290 e. The molecule has 0 fully saturated rings. The predicted octanol–water partition coefficient (Wildman–Crippen LogP) is 5.23. The van der Waals surface area contributed by atoms with E-state index < -0.39 is 6.04 Å². The Morgan fingerprint density at radius 2 is 1.74 bits per heavy atom. The van der Waals surface area contributed by atoms with Crippen LogP contribution in [-0.2, 0) is 0 Å². The third kappa shape index (κ3) is 4.19. The molecule has 4 aromatic rings. The van der Waals surface area contributed by atoms with E-state index in [0.717, 1.165) is 41.5 Å². The van der Waals surface area contributed by atoms with Crippen molar-refractivity contribution in [2.45, 2.75) is 25.8 Å². The molecule has 6 heteroatoms. The highest BCUT2D eigenvalue weighted by atomic mass is 16.5. The molecule has 1 amide bonds. The standard InChI is InChI=1S/C29H30N2O4/c1-4-18-34-21-13-10-20(11-14-21)25-24-26(32)23-15-12-19-8-5-6-9-22(19)27(23)35-28(24)29(33)31(25)17-7-16-30(2)3/h5-6,8-15,25H,4,7,16-18H2,1-3H3. The normalized spacial score (nSPS) is 15.4. The van der Waals surface area contributed by atoms with Crippen molar-refractivity contribution in [1.29, 1.82) is 0 Å². The summed E-state index contributed by atoms with van der Waals surface area (Å²) >= 11 is 0. The van der Waals surface area contributed by atoms with Gasteiger partial charge in [0.1, 0.15) is 11.3 Å². The van der Waals surface area contributed by atoms with Crippen LogP contribution in [0.15, 0.2) is 69.9 Å². The van der Waals surface area contributed by atoms with Crippen LogP contribution in [0.2, 0.25) is 0 Å². The van der Waals surface area contributed by atoms with E-state index >= 15 is 0 Å². The number of nitrogens with zero attached hydrogens (tertiary/aromatic N) is 2. The minimum absolute atomic E-state index is 0.147. The number of ether oxygens (including phenoxy) is 1. The average Bonchev–Trinajstić information content (AvgIpc) is 3.14. The molecule has 0 radical (unpaired) electrons. The SMILES string of the molecule is CCCOc1ccc(C2c3c(oc4c(ccc5ccccc54)c3=O)C(=O)N2CCCN(C)C)cc1. The lowest BCUT2D eigenvalue weighted by Crippen LogP contribution is -2.32. The number of hydrogen-bond acceptors (Lipinski definition) is 5. The summed E-state index contributed by atoms with van der Waals surface area (Å²) in [7, 11) is 4.02. The fraction of sp³-hybridized carbons (Fsp3) is 0.310. The maximum absolute atomic E-state index is 13.9. The molecule has 1 unspecified atom stereocenters. The lowest BCUT2D eigenvalue weighted by Gasteiger charge is -2.26. The second-order valence-corrected chi connectivity index (χ2v) is 9.31. The van der Waals surface area contributed by atoms with Crippen molar-refractivity contribution in [1.82, 2.24) is 9.80 Å². The second-order valence-electron chi connectivity index (χ2n) is 9.31. The second kappa shape index (κ2) is 9.55. The van der Waals surface area contributed by atoms with E-state index in [9.17, 15) is 9.59 Å². The number of hydrogen-bond donors (Lipinski definition) is 0. The monoisotopic (exact) mass is 470 g/mol. The van der Waals surface area contributed by atoms with Crippen LogP contribution in [0.1, 0.15) is 47.5 Å². The van der Waals surface area contributed by atoms with Crippen LogP contribution in [-0.4, -0.2) is 49.5 Å². The van der Waals surface area contributed by atoms with Gasteiger partial charge >= 0.3 is 0 Å². The molecule has 1 atom stereocenters. The van der Waals surface area contributed by atoms with Gasteiger partial charge in [-0.15, -0.1) is 0 Å². The molecule has 0 saturated carbocycles. The summed E-state index contributed by atoms with van der Waals surface area (Å²) < 4.78 is 12.0. The summed E-state index contributed by atoms with van der Waals surface area (Å²) in [5.41, 5.74) is 1.62. The fourth-order valence-electron chi connectivity index (χ4n) is 4.85. The Kier molecular flexibility index (Phi) is 6.31. The first kappa shape index (κ1) is 23.1. The van der Waals surface area contributed by atoms with E-state index in [1.54, 1.807) is 4.90 Å². The summed E-state index contributed by atoms with van der Waals surface area (Å²) in [6.07, 6.45) is 1.71. The molecular formula is C29H30N2O4. The zero-order chi connectivity index (χ0) is 24.5. The van der Waals surface area contributed by atoms with Gasteiger partial charge in [0.2, 0.25) is 5.76 Å². The zero-order valence-electron chi connectivity index (χ0n) is 20.4. The molecule has 0 spiro atoms. The minimum atomic E-state index is -0.494. The van der Waals surface area contributed by atoms with E-state index in [4.69, 9.17) is 9.15 Å². The number of benzene rings is 3. The molecule has 0 N–H and O–H groups in total. The summed E-state index contributed by atoms with van der Waals surface area (Å²) in [6.45, 7) is 4.07. The Balaban J connectivity index is 1.65. The Hall–Kier alpha value is -3.64. The zero-order valence-corrected chi connectivity index (χ0v) is 20.4. The maximum Gasteiger partial charge on any atom is 0.290 e. The highest BCUT2D eigenvalue weighted by Crippen LogP contribution is 2.39. The van der Waals surface area contributed by atoms with Crippen molar-refractivity contribution in [2.75, 3.05) is 33.8 Å². The molecule has 6 nitrogen and oxygen atoms in total. The van der Waals surface area contributed by atoms with E-state index in [-0.39, 0.29) is 17.1 Å². The van der Waals surface area contributed by atoms with E-state index in [1.807, 2.05) is 74.8 Å². The lowest BCUT2D eigenvalue weighted by atomic mass is 9.97. The highest BCUT2D eigenvalue weighted by molar-refractivity contribution is 6.06. The third-order valence-electron chi connectivity index (χ3n) is 6.53. The van der Waals surface area contributed by atoms with Crippen LogP contribution in [0.4, 0.5) is 0 Å². The molecular weight excluding hydrogens is 440 g/mol. The molecule has 0 saturated heterocycles. The number of amides is 1. The Morgan fingerprint density at radius 1 is 0.971 bits per heavy atom. The number of rotatable bonds is 8. The Morgan fingerprint density at radius 3 is 2.49 bits per heavy atom. The van der Waals surface area contributed by atoms with E-state index in [1.165, 1.54) is 0 Å². The molecule has 0 aliphatic carbocycles. The molecule has 1 aliphatic rings. The summed E-state index contributed by atoms with van der Waals surface area (Å²) in [6, 6.07) is 18.7. The van der Waals surface area contributed by atoms with Crippen LogP contribution in [0.3, 0.4) is 0 Å². The van der Waals surface area contributed by atoms with Gasteiger partial charge < -0.3 is 19.0 Å². The Labute approximate surface area is 204 Å². The summed E-state index contributed by atoms with van der Waals surface area (Å²) in [5.74, 6) is 0.693. The predicted molar refractivity (Wildman–Crippen MR) is 138 cm³/mol. The van der Waals surface area contributed by atoms with Crippen molar-refractivity contribution in [3.05, 3.63) is 87.8 Å². The van der Waals surface area contributed by atoms with Crippen molar-refractivity contribution >= 4 is 27.6 Å². The van der Waals surface area contributed by atoms with Gasteiger partial charge in [-0.25, -0.2) is 0 Å². The first-order valence-corrected chi connectivity index (χ1v) is 12.2. The lowest BCUT2D eigenvalue weighted by molar-refractivity contribution is 0.0722. The minimum Gasteiger partial charge on any atom is -0.494 e. The molecule has 1 aliphatic heterocycles. The van der Waals surface area contributed by atoms with Gasteiger partial charge in [0.15, 0.2) is 5.43 Å². The first-order valence-electron chi connectivity index (χ1n) is 12.2. The van der Waals surface area contributed by atoms with Crippen molar-refractivity contribution in [3.63, 3.8) is 0 Å². The number of fused-ring (bicyclic) bond motifs is 4. The van der Waals surface area contributed by atoms with Crippen LogP contribution >= 0.6 is 0 Å². The molecule has 2 heterocycles. The first-order chi connectivity index (χ1) is 17.0. The number of carbonyl (C=O) groups excluding carboxylic acids is 1. The maximum atomic E-state index is 13.9. The van der Waals surface area contributed by atoms with E-state index in [2.05, 4.69) is 11.8 Å². The largest absolute Gasteiger partial charge is 0.494 e. The topological polar surface area (TPSA) is 63.0 Å². The van der Waals surface area contributed by atoms with Crippen LogP contribution in [0.25, 0.3) is 21.7 Å². The molecule has 1 aromatic heterocycles. The van der Waals surface area contributed by atoms with Gasteiger partial charge in [0.25, 0.3) is 5.91 Å². The molecule has 180 valence electrons. The third-order valence-corrected chi connectivity index (χ3v) is 6.53. The van der Waals surface area contributed by atoms with E-state index in [0.29, 0.717) is 29.7 Å². The molecule has 5 rings (SSSR count). The number of carbonyl (C=O) groups is 1. The molecule has 35 heavy (non-hydrogen) atoms. The van der Waals surface area contributed by atoms with Crippen molar-refractivity contribution in [2.24, 2.45) is 0 Å². The van der Waals surface area contributed by atoms with Gasteiger partial charge in [-0.2, -0.15) is 0 Å². The average molecular weight is 471 g/mol. The quantitative estimate of drug-likeness (QED) is 0.330. The Bertz CT molecular complexity index is 1440. The van der Waals surface area contributed by atoms with Gasteiger partial charge in [0, 0.05) is 11.9 Å². The summed E-state index contributed by atoms with van der Waals surface area (Å²) in [4.78, 5) is 31.4. The van der Waals surface area contributed by atoms with Crippen LogP contribution < -0.4 is 10.2 Å². The van der Waals surface area contributed by atoms with Crippen molar-refractivity contribution < 1.29 is 13.9 Å². The molecule has 0 bridgehead atoms. The van der Waals surface area contributed by atoms with Crippen LogP contribution in [0, 0.1) is 0 Å². The van der Waals surface area contributed by atoms with Gasteiger partial charge in [0.05, 0.1) is 23.6 Å². The highest BCUT2D eigenvalue weighted by Gasteiger charge is 2.42. The fourth-order valence-corrected chi connectivity index (χ4v) is 4.85. The molecule has 3 aromatic carbocycles. The van der Waals surface area contributed by atoms with Crippen LogP contribution in [0.5, 0.6) is 5.75 Å². The van der Waals surface area contributed by atoms with Gasteiger partial charge in [-0.1, -0.05) is 49.4 Å².